The normalized spacial score (nSPS) is 19.3. The zero-order valence-electron chi connectivity index (χ0n) is 30.7. The maximum absolute atomic E-state index is 13.8. The highest BCUT2D eigenvalue weighted by Gasteiger charge is 2.46. The van der Waals surface area contributed by atoms with Crippen molar-refractivity contribution in [2.45, 2.75) is 83.1 Å². The van der Waals surface area contributed by atoms with Crippen molar-refractivity contribution in [3.8, 4) is 0 Å². The SMILES string of the molecule is Cc1ccc(CC(NC(=O)CCCOCCOCCNC(=O)OC(C)(C)C)C(=O)N[C@H]2[C@@H](O)[C@H](n3cnc4c(N(C)C)ncnc43)O[C@@H]2CO)cc1. The van der Waals surface area contributed by atoms with Crippen molar-refractivity contribution in [2.24, 2.45) is 0 Å². The largest absolute Gasteiger partial charge is 0.444 e. The van der Waals surface area contributed by atoms with Gasteiger partial charge in [-0.1, -0.05) is 29.8 Å². The number of carbonyl (C=O) groups excluding carboxylic acids is 3. The number of hydrogen-bond acceptors (Lipinski definition) is 13. The molecule has 5 atom stereocenters. The summed E-state index contributed by atoms with van der Waals surface area (Å²) in [6.07, 6.45) is -0.177. The number of nitrogens with one attached hydrogen (secondary N) is 3. The number of aliphatic hydroxyl groups excluding tert-OH is 2. The van der Waals surface area contributed by atoms with Gasteiger partial charge in [-0.05, 0) is 39.7 Å². The standard InChI is InChI=1S/C35H52N8O9/c1-22-9-11-23(12-10-22)18-24(40-26(45)8-7-14-49-16-17-50-15-13-36-34(48)52-35(2,3)4)32(47)41-27-25(19-44)51-33(29(27)46)43-21-39-28-30(42(5)6)37-20-38-31(28)43/h9-12,20-21,24-25,27,29,33,44,46H,7-8,13-19H2,1-6H3,(H,36,48)(H,40,45)(H,41,47)/t24?,25-,27-,29-,33-/m1/s1. The van der Waals surface area contributed by atoms with E-state index in [-0.39, 0.29) is 18.7 Å². The van der Waals surface area contributed by atoms with Crippen LogP contribution in [0.1, 0.15) is 51.0 Å². The number of anilines is 1. The molecule has 0 radical (unpaired) electrons. The van der Waals surface area contributed by atoms with E-state index in [0.29, 0.717) is 56.4 Å². The second-order valence-electron chi connectivity index (χ2n) is 13.8. The summed E-state index contributed by atoms with van der Waals surface area (Å²) >= 11 is 0. The number of imidazole rings is 1. The van der Waals surface area contributed by atoms with E-state index in [1.807, 2.05) is 45.3 Å². The van der Waals surface area contributed by atoms with Gasteiger partial charge in [-0.25, -0.2) is 19.7 Å². The van der Waals surface area contributed by atoms with Gasteiger partial charge < -0.3 is 50.0 Å². The number of rotatable bonds is 18. The second kappa shape index (κ2) is 18.9. The van der Waals surface area contributed by atoms with Crippen LogP contribution in [-0.2, 0) is 35.0 Å². The van der Waals surface area contributed by atoms with Crippen molar-refractivity contribution in [1.82, 2.24) is 35.5 Å². The average molecular weight is 729 g/mol. The van der Waals surface area contributed by atoms with Gasteiger partial charge in [0.25, 0.3) is 0 Å². The number of benzene rings is 1. The van der Waals surface area contributed by atoms with E-state index in [2.05, 4.69) is 30.9 Å². The summed E-state index contributed by atoms with van der Waals surface area (Å²) < 4.78 is 23.8. The molecule has 286 valence electrons. The summed E-state index contributed by atoms with van der Waals surface area (Å²) in [7, 11) is 3.65. The predicted molar refractivity (Wildman–Crippen MR) is 191 cm³/mol. The zero-order chi connectivity index (χ0) is 37.8. The molecule has 1 aliphatic rings. The number of ether oxygens (including phenoxy) is 4. The molecule has 17 heteroatoms. The quantitative estimate of drug-likeness (QED) is 0.116. The third-order valence-electron chi connectivity index (χ3n) is 8.09. The third kappa shape index (κ3) is 11.5. The van der Waals surface area contributed by atoms with Gasteiger partial charge in [-0.3, -0.25) is 14.2 Å². The minimum atomic E-state index is -1.28. The third-order valence-corrected chi connectivity index (χ3v) is 8.09. The lowest BCUT2D eigenvalue weighted by Gasteiger charge is -2.25. The Bertz CT molecular complexity index is 1610. The summed E-state index contributed by atoms with van der Waals surface area (Å²) in [5.74, 6) is -0.305. The van der Waals surface area contributed by atoms with E-state index in [9.17, 15) is 24.6 Å². The van der Waals surface area contributed by atoms with Crippen LogP contribution in [-0.4, -0.2) is 131 Å². The number of aliphatic hydroxyl groups is 2. The molecule has 4 rings (SSSR count). The number of hydrogen-bond donors (Lipinski definition) is 5. The summed E-state index contributed by atoms with van der Waals surface area (Å²) in [6, 6.07) is 5.64. The molecule has 1 fully saturated rings. The van der Waals surface area contributed by atoms with Crippen LogP contribution in [0.25, 0.3) is 11.2 Å². The van der Waals surface area contributed by atoms with Gasteiger partial charge in [0.1, 0.15) is 30.2 Å². The molecule has 0 aliphatic carbocycles. The van der Waals surface area contributed by atoms with Crippen LogP contribution >= 0.6 is 0 Å². The van der Waals surface area contributed by atoms with Crippen molar-refractivity contribution in [1.29, 1.82) is 0 Å². The number of carbonyl (C=O) groups is 3. The van der Waals surface area contributed by atoms with Crippen molar-refractivity contribution < 1.29 is 43.5 Å². The summed E-state index contributed by atoms with van der Waals surface area (Å²) in [5.41, 5.74) is 2.23. The van der Waals surface area contributed by atoms with Crippen molar-refractivity contribution in [3.63, 3.8) is 0 Å². The minimum Gasteiger partial charge on any atom is -0.444 e. The Hall–Kier alpha value is -4.42. The molecule has 1 aromatic carbocycles. The molecular weight excluding hydrogens is 676 g/mol. The maximum Gasteiger partial charge on any atom is 0.407 e. The first-order valence-electron chi connectivity index (χ1n) is 17.3. The Morgan fingerprint density at radius 1 is 1.04 bits per heavy atom. The minimum absolute atomic E-state index is 0.110. The van der Waals surface area contributed by atoms with Crippen LogP contribution in [0.4, 0.5) is 10.6 Å². The second-order valence-corrected chi connectivity index (χ2v) is 13.8. The maximum atomic E-state index is 13.8. The Morgan fingerprint density at radius 3 is 2.42 bits per heavy atom. The summed E-state index contributed by atoms with van der Waals surface area (Å²) in [5, 5.41) is 29.9. The fourth-order valence-electron chi connectivity index (χ4n) is 5.56. The van der Waals surface area contributed by atoms with E-state index < -0.39 is 54.7 Å². The van der Waals surface area contributed by atoms with Crippen LogP contribution in [0.15, 0.2) is 36.9 Å². The first kappa shape index (κ1) is 40.4. The molecule has 0 bridgehead atoms. The van der Waals surface area contributed by atoms with Gasteiger partial charge >= 0.3 is 6.09 Å². The number of aromatic nitrogens is 4. The molecule has 52 heavy (non-hydrogen) atoms. The number of nitrogens with zero attached hydrogens (tertiary/aromatic N) is 5. The Morgan fingerprint density at radius 2 is 1.75 bits per heavy atom. The fraction of sp³-hybridized carbons (Fsp3) is 0.600. The number of aryl methyl sites for hydroxylation is 1. The predicted octanol–water partition coefficient (Wildman–Crippen LogP) is 1.00. The van der Waals surface area contributed by atoms with Gasteiger partial charge in [0.2, 0.25) is 11.8 Å². The van der Waals surface area contributed by atoms with Crippen molar-refractivity contribution in [2.75, 3.05) is 58.6 Å². The first-order valence-corrected chi connectivity index (χ1v) is 17.3. The fourth-order valence-corrected chi connectivity index (χ4v) is 5.56. The van der Waals surface area contributed by atoms with Gasteiger partial charge in [0, 0.05) is 40.1 Å². The lowest BCUT2D eigenvalue weighted by atomic mass is 10.0. The summed E-state index contributed by atoms with van der Waals surface area (Å²) in [6.45, 7) is 8.36. The van der Waals surface area contributed by atoms with Crippen molar-refractivity contribution >= 4 is 34.9 Å². The van der Waals surface area contributed by atoms with E-state index >= 15 is 0 Å². The molecule has 2 aromatic heterocycles. The molecule has 3 amide bonds. The molecule has 3 heterocycles. The van der Waals surface area contributed by atoms with Crippen LogP contribution in [0.3, 0.4) is 0 Å². The number of alkyl carbamates (subject to hydrolysis) is 1. The van der Waals surface area contributed by atoms with Gasteiger partial charge in [0.15, 0.2) is 23.2 Å². The van der Waals surface area contributed by atoms with Crippen LogP contribution in [0, 0.1) is 6.92 Å². The number of amides is 3. The smallest absolute Gasteiger partial charge is 0.407 e. The van der Waals surface area contributed by atoms with Crippen LogP contribution < -0.4 is 20.9 Å². The van der Waals surface area contributed by atoms with Crippen LogP contribution in [0.2, 0.25) is 0 Å². The van der Waals surface area contributed by atoms with Crippen molar-refractivity contribution in [3.05, 3.63) is 48.0 Å². The Balaban J connectivity index is 1.29. The summed E-state index contributed by atoms with van der Waals surface area (Å²) in [4.78, 5) is 53.3. The van der Waals surface area contributed by atoms with E-state index in [1.54, 1.807) is 30.2 Å². The molecule has 0 saturated carbocycles. The highest BCUT2D eigenvalue weighted by atomic mass is 16.6. The highest BCUT2D eigenvalue weighted by molar-refractivity contribution is 5.88. The Kier molecular flexibility index (Phi) is 14.7. The van der Waals surface area contributed by atoms with E-state index in [1.165, 1.54) is 12.7 Å². The molecule has 17 nitrogen and oxygen atoms in total. The van der Waals surface area contributed by atoms with Gasteiger partial charge in [-0.2, -0.15) is 0 Å². The molecular formula is C35H52N8O9. The van der Waals surface area contributed by atoms with Crippen LogP contribution in [0.5, 0.6) is 0 Å². The first-order chi connectivity index (χ1) is 24.8. The molecule has 0 spiro atoms. The topological polar surface area (TPSA) is 212 Å². The molecule has 5 N–H and O–H groups in total. The average Bonchev–Trinajstić information content (AvgIpc) is 3.65. The highest BCUT2D eigenvalue weighted by Crippen LogP contribution is 2.32. The number of fused-ring (bicyclic) bond motifs is 1. The van der Waals surface area contributed by atoms with E-state index in [4.69, 9.17) is 18.9 Å². The van der Waals surface area contributed by atoms with Gasteiger partial charge in [0.05, 0.1) is 38.8 Å². The van der Waals surface area contributed by atoms with Gasteiger partial charge in [-0.15, -0.1) is 0 Å². The monoisotopic (exact) mass is 728 g/mol. The molecule has 1 unspecified atom stereocenters. The molecule has 1 aliphatic heterocycles. The lowest BCUT2D eigenvalue weighted by Crippen LogP contribution is -2.55. The zero-order valence-corrected chi connectivity index (χ0v) is 30.7. The van der Waals surface area contributed by atoms with E-state index in [0.717, 1.165) is 11.1 Å². The Labute approximate surface area is 303 Å². The molecule has 1 saturated heterocycles. The lowest BCUT2D eigenvalue weighted by molar-refractivity contribution is -0.130. The molecule has 3 aromatic rings.